The number of carbonyl (C=O) groups excluding carboxylic acids is 1. The van der Waals surface area contributed by atoms with E-state index in [-0.39, 0.29) is 43.0 Å². The molecule has 316 valence electrons. The van der Waals surface area contributed by atoms with Gasteiger partial charge in [-0.05, 0) is 89.6 Å². The van der Waals surface area contributed by atoms with E-state index in [9.17, 15) is 29.9 Å². The monoisotopic (exact) mass is 835 g/mol. The number of benzene rings is 3. The number of carbonyl (C=O) groups is 3. The summed E-state index contributed by atoms with van der Waals surface area (Å²) >= 11 is 1.71. The minimum atomic E-state index is -0.895. The fourth-order valence-corrected chi connectivity index (χ4v) is 10.1. The molecule has 3 heterocycles. The zero-order valence-corrected chi connectivity index (χ0v) is 36.6. The second-order valence-electron chi connectivity index (χ2n) is 16.6. The molecule has 0 spiro atoms. The number of carboxylic acid groups (broad SMARTS) is 2. The molecule has 0 radical (unpaired) electrons. The van der Waals surface area contributed by atoms with Crippen molar-refractivity contribution in [2.75, 3.05) is 22.9 Å². The number of rotatable bonds is 20. The van der Waals surface area contributed by atoms with Gasteiger partial charge in [-0.25, -0.2) is 0 Å². The van der Waals surface area contributed by atoms with Crippen LogP contribution >= 0.6 is 11.3 Å². The maximum absolute atomic E-state index is 13.1. The molecular weight excluding hydrogens is 779 g/mol. The number of nitriles is 1. The van der Waals surface area contributed by atoms with Crippen LogP contribution < -0.4 is 9.80 Å². The van der Waals surface area contributed by atoms with Crippen molar-refractivity contribution in [3.8, 4) is 6.07 Å². The first kappa shape index (κ1) is 44.6. The van der Waals surface area contributed by atoms with Crippen molar-refractivity contribution in [2.45, 2.75) is 102 Å². The van der Waals surface area contributed by atoms with E-state index in [1.54, 1.807) is 23.5 Å². The van der Waals surface area contributed by atoms with Gasteiger partial charge >= 0.3 is 11.9 Å². The van der Waals surface area contributed by atoms with Gasteiger partial charge in [0.15, 0.2) is 5.78 Å². The van der Waals surface area contributed by atoms with Crippen LogP contribution in [-0.4, -0.2) is 47.1 Å². The van der Waals surface area contributed by atoms with Gasteiger partial charge in [0.1, 0.15) is 0 Å². The summed E-state index contributed by atoms with van der Waals surface area (Å²) in [6, 6.07) is 26.8. The van der Waals surface area contributed by atoms with Gasteiger partial charge in [0.05, 0.1) is 30.5 Å². The number of thiophene rings is 1. The third kappa shape index (κ3) is 10.1. The van der Waals surface area contributed by atoms with E-state index in [1.807, 2.05) is 66.8 Å². The quantitative estimate of drug-likeness (QED) is 0.0513. The third-order valence-electron chi connectivity index (χ3n) is 12.1. The van der Waals surface area contributed by atoms with Gasteiger partial charge in [-0.15, -0.1) is 11.3 Å². The van der Waals surface area contributed by atoms with Crippen molar-refractivity contribution >= 4 is 56.6 Å². The average Bonchev–Trinajstić information content (AvgIpc) is 3.84. The van der Waals surface area contributed by atoms with Crippen molar-refractivity contribution in [1.82, 2.24) is 0 Å². The van der Waals surface area contributed by atoms with E-state index in [0.29, 0.717) is 12.1 Å². The summed E-state index contributed by atoms with van der Waals surface area (Å²) in [6.07, 6.45) is 21.1. The van der Waals surface area contributed by atoms with Crippen molar-refractivity contribution < 1.29 is 24.6 Å². The summed E-state index contributed by atoms with van der Waals surface area (Å²) in [7, 11) is 0. The second-order valence-corrected chi connectivity index (χ2v) is 17.8. The number of nitrogens with zero attached hydrogens (tertiary/aromatic N) is 3. The Morgan fingerprint density at radius 2 is 1.54 bits per heavy atom. The Morgan fingerprint density at radius 1 is 0.836 bits per heavy atom. The highest BCUT2D eigenvalue weighted by Gasteiger charge is 2.46. The topological polar surface area (TPSA) is 122 Å². The van der Waals surface area contributed by atoms with Crippen LogP contribution in [-0.2, 0) is 31.6 Å². The van der Waals surface area contributed by atoms with Gasteiger partial charge in [-0.2, -0.15) is 5.26 Å². The molecule has 0 amide bonds. The molecule has 1 aromatic heterocycles. The summed E-state index contributed by atoms with van der Waals surface area (Å²) in [4.78, 5) is 42.2. The van der Waals surface area contributed by atoms with Gasteiger partial charge in [0, 0.05) is 57.0 Å². The molecule has 1 unspecified atom stereocenters. The van der Waals surface area contributed by atoms with E-state index in [4.69, 9.17) is 0 Å². The molecule has 0 saturated heterocycles. The average molecular weight is 836 g/mol. The van der Waals surface area contributed by atoms with Crippen LogP contribution in [0.2, 0.25) is 0 Å². The number of hydrogen-bond acceptors (Lipinski definition) is 7. The van der Waals surface area contributed by atoms with Gasteiger partial charge < -0.3 is 20.0 Å². The Balaban J connectivity index is 1.27. The number of ketones is 1. The summed E-state index contributed by atoms with van der Waals surface area (Å²) in [5.74, 6) is -1.77. The van der Waals surface area contributed by atoms with E-state index in [1.165, 1.54) is 15.6 Å². The minimum Gasteiger partial charge on any atom is -0.481 e. The lowest BCUT2D eigenvalue weighted by molar-refractivity contribution is -0.137. The zero-order chi connectivity index (χ0) is 43.6. The molecule has 61 heavy (non-hydrogen) atoms. The number of aliphatic carboxylic acids is 2. The first-order valence-electron chi connectivity index (χ1n) is 21.5. The van der Waals surface area contributed by atoms with Crippen molar-refractivity contribution in [3.63, 3.8) is 0 Å². The number of unbranched alkanes of at least 4 members (excludes halogenated alkanes) is 2. The highest BCUT2D eigenvalue weighted by Crippen LogP contribution is 2.54. The van der Waals surface area contributed by atoms with Crippen LogP contribution in [0.3, 0.4) is 0 Å². The van der Waals surface area contributed by atoms with Crippen LogP contribution in [0.5, 0.6) is 0 Å². The standard InChI is InChI=1S/C52H57N3O5S/c1-5-7-29-52(30-8-6-2)42-18-12-13-19-44(42)55(32-28-50(59)60)48(52)26-23-37(36-53)22-25-47-51(3,4)43-34-38(21-24-45(43)54(47)31-27-49(57)58)33-40(56)16-10-11-17-41-35-39-15-9-14-20-46(39)61-41/h9-26,34-35,47H,5-8,27-33H2,1-4H3,(H,57,58)(H,59,60)/b16-10+,17-11+,25-22+,37-23-,48-26+. The Morgan fingerprint density at radius 3 is 2.25 bits per heavy atom. The minimum absolute atomic E-state index is 0.0145. The van der Waals surface area contributed by atoms with E-state index in [2.05, 4.69) is 86.0 Å². The van der Waals surface area contributed by atoms with Crippen LogP contribution in [0.15, 0.2) is 127 Å². The Bertz CT molecular complexity index is 2400. The molecule has 1 atom stereocenters. The second kappa shape index (κ2) is 20.1. The smallest absolute Gasteiger partial charge is 0.305 e. The highest BCUT2D eigenvalue weighted by molar-refractivity contribution is 7.19. The number of hydrogen-bond donors (Lipinski definition) is 2. The first-order valence-corrected chi connectivity index (χ1v) is 22.3. The van der Waals surface area contributed by atoms with Gasteiger partial charge in [-0.1, -0.05) is 120 Å². The Hall–Kier alpha value is -5.98. The van der Waals surface area contributed by atoms with Crippen molar-refractivity contribution in [2.24, 2.45) is 0 Å². The third-order valence-corrected chi connectivity index (χ3v) is 13.2. The molecule has 0 fully saturated rings. The lowest BCUT2D eigenvalue weighted by atomic mass is 9.71. The normalized spacial score (nSPS) is 17.5. The van der Waals surface area contributed by atoms with Crippen molar-refractivity contribution in [3.05, 3.63) is 148 Å². The van der Waals surface area contributed by atoms with Gasteiger partial charge in [-0.3, -0.25) is 14.4 Å². The maximum Gasteiger partial charge on any atom is 0.305 e. The number of fused-ring (bicyclic) bond motifs is 3. The van der Waals surface area contributed by atoms with Crippen LogP contribution in [0.4, 0.5) is 11.4 Å². The highest BCUT2D eigenvalue weighted by atomic mass is 32.1. The van der Waals surface area contributed by atoms with Crippen LogP contribution in [0, 0.1) is 11.3 Å². The Labute approximate surface area is 364 Å². The van der Waals surface area contributed by atoms with E-state index >= 15 is 0 Å². The zero-order valence-electron chi connectivity index (χ0n) is 35.8. The molecule has 9 heteroatoms. The lowest BCUT2D eigenvalue weighted by Gasteiger charge is -2.34. The van der Waals surface area contributed by atoms with E-state index in [0.717, 1.165) is 71.6 Å². The first-order chi connectivity index (χ1) is 29.4. The number of carboxylic acids is 2. The number of anilines is 2. The molecule has 2 N–H and O–H groups in total. The summed E-state index contributed by atoms with van der Waals surface area (Å²) in [5.41, 5.74) is 5.72. The van der Waals surface area contributed by atoms with Gasteiger partial charge in [0.25, 0.3) is 0 Å². The summed E-state index contributed by atoms with van der Waals surface area (Å²) in [5, 5.41) is 31.2. The predicted octanol–water partition coefficient (Wildman–Crippen LogP) is 11.7. The van der Waals surface area contributed by atoms with Crippen LogP contribution in [0.25, 0.3) is 16.2 Å². The molecule has 8 nitrogen and oxygen atoms in total. The Kier molecular flexibility index (Phi) is 14.7. The molecule has 4 aromatic rings. The van der Waals surface area contributed by atoms with Crippen molar-refractivity contribution in [1.29, 1.82) is 5.26 Å². The molecule has 2 aliphatic heterocycles. The molecule has 2 aliphatic rings. The molecule has 0 aliphatic carbocycles. The number of para-hydroxylation sites is 1. The SMILES string of the molecule is CCCCC1(CCCC)\C(=C/C=C(C#N)/C=C/C2N(CCC(=O)O)c3ccc(CC(=O)/C=C/C=C/c4cc5ccccc5s4)cc3C2(C)C)N(CCC(=O)O)c2ccccc21. The fourth-order valence-electron chi connectivity index (χ4n) is 9.08. The van der Waals surface area contributed by atoms with Gasteiger partial charge in [0.2, 0.25) is 0 Å². The number of allylic oxidation sites excluding steroid dienone is 8. The lowest BCUT2D eigenvalue weighted by Crippen LogP contribution is -2.41. The van der Waals surface area contributed by atoms with Crippen LogP contribution in [0.1, 0.15) is 101 Å². The fraction of sp³-hybridized carbons (Fsp3) is 0.346. The molecule has 6 rings (SSSR count). The molecule has 0 bridgehead atoms. The summed E-state index contributed by atoms with van der Waals surface area (Å²) < 4.78 is 1.22. The summed E-state index contributed by atoms with van der Waals surface area (Å²) in [6.45, 7) is 9.22. The molecule has 3 aromatic carbocycles. The largest absolute Gasteiger partial charge is 0.481 e. The molecular formula is C52H57N3O5S. The molecule has 0 saturated carbocycles. The maximum atomic E-state index is 13.1. The predicted molar refractivity (Wildman–Crippen MR) is 249 cm³/mol. The van der Waals surface area contributed by atoms with E-state index < -0.39 is 17.4 Å².